The number of hydrogen-bond acceptors (Lipinski definition) is 4. The number of halogens is 1. The molecule has 0 saturated carbocycles. The molecule has 2 unspecified atom stereocenters. The van der Waals surface area contributed by atoms with Gasteiger partial charge in [-0.2, -0.15) is 0 Å². The molecule has 0 aromatic heterocycles. The molecule has 1 N–H and O–H groups in total. The van der Waals surface area contributed by atoms with Crippen molar-refractivity contribution in [3.63, 3.8) is 0 Å². The number of imide groups is 1. The maximum Gasteiger partial charge on any atom is 0.327 e. The Morgan fingerprint density at radius 1 is 1.24 bits per heavy atom. The lowest BCUT2D eigenvalue weighted by Gasteiger charge is -2.45. The van der Waals surface area contributed by atoms with Gasteiger partial charge in [0.1, 0.15) is 11.9 Å². The molecule has 2 aliphatic rings. The van der Waals surface area contributed by atoms with Gasteiger partial charge in [-0.1, -0.05) is 12.1 Å². The highest BCUT2D eigenvalue weighted by atomic mass is 19.1. The van der Waals surface area contributed by atoms with E-state index in [1.54, 1.807) is 26.0 Å². The van der Waals surface area contributed by atoms with Crippen LogP contribution in [-0.4, -0.2) is 68.3 Å². The molecule has 0 radical (unpaired) electrons. The average Bonchev–Trinajstić information content (AvgIpc) is 3.08. The third kappa shape index (κ3) is 4.08. The molecule has 8 nitrogen and oxygen atoms in total. The van der Waals surface area contributed by atoms with Gasteiger partial charge >= 0.3 is 12.0 Å². The van der Waals surface area contributed by atoms with E-state index in [0.717, 1.165) is 4.90 Å². The van der Waals surface area contributed by atoms with Crippen molar-refractivity contribution in [1.82, 2.24) is 14.7 Å². The molecular formula is C20H24FN3O5. The lowest BCUT2D eigenvalue weighted by Crippen LogP contribution is -2.66. The van der Waals surface area contributed by atoms with Crippen LogP contribution in [0.2, 0.25) is 0 Å². The first kappa shape index (κ1) is 20.8. The summed E-state index contributed by atoms with van der Waals surface area (Å²) in [7, 11) is 0. The van der Waals surface area contributed by atoms with E-state index in [9.17, 15) is 23.6 Å². The summed E-state index contributed by atoms with van der Waals surface area (Å²) in [6.07, 6.45) is -0.117. The summed E-state index contributed by atoms with van der Waals surface area (Å²) >= 11 is 0. The van der Waals surface area contributed by atoms with Gasteiger partial charge in [0.25, 0.3) is 5.91 Å². The predicted molar refractivity (Wildman–Crippen MR) is 100 cm³/mol. The maximum absolute atomic E-state index is 13.6. The minimum absolute atomic E-state index is 0.116. The number of likely N-dealkylation sites (tertiary alicyclic amines) is 1. The normalized spacial score (nSPS) is 21.7. The lowest BCUT2D eigenvalue weighted by atomic mass is 10.0. The zero-order chi connectivity index (χ0) is 21.3. The Morgan fingerprint density at radius 3 is 2.59 bits per heavy atom. The van der Waals surface area contributed by atoms with Crippen LogP contribution in [0, 0.1) is 5.82 Å². The van der Waals surface area contributed by atoms with Gasteiger partial charge in [-0.05, 0) is 38.0 Å². The first-order valence-corrected chi connectivity index (χ1v) is 9.60. The molecule has 3 rings (SSSR count). The summed E-state index contributed by atoms with van der Waals surface area (Å²) in [6, 6.07) is 3.64. The smallest absolute Gasteiger partial charge is 0.327 e. The number of benzene rings is 1. The monoisotopic (exact) mass is 405 g/mol. The van der Waals surface area contributed by atoms with Gasteiger partial charge in [0.15, 0.2) is 0 Å². The lowest BCUT2D eigenvalue weighted by molar-refractivity contribution is -0.148. The molecule has 156 valence electrons. The first-order valence-electron chi connectivity index (χ1n) is 9.60. The zero-order valence-electron chi connectivity index (χ0n) is 16.4. The van der Waals surface area contributed by atoms with Gasteiger partial charge in [0, 0.05) is 25.6 Å². The molecule has 2 aliphatic heterocycles. The van der Waals surface area contributed by atoms with Crippen LogP contribution in [0.3, 0.4) is 0 Å². The Kier molecular flexibility index (Phi) is 5.86. The van der Waals surface area contributed by atoms with Gasteiger partial charge < -0.3 is 14.9 Å². The van der Waals surface area contributed by atoms with E-state index in [1.165, 1.54) is 21.9 Å². The number of hydrogen-bond donors (Lipinski definition) is 1. The molecule has 2 fully saturated rings. The molecule has 2 saturated heterocycles. The quantitative estimate of drug-likeness (QED) is 0.779. The molecular weight excluding hydrogens is 381 g/mol. The minimum atomic E-state index is -1.09. The number of nitrogens with zero attached hydrogens (tertiary/aromatic N) is 3. The highest BCUT2D eigenvalue weighted by molar-refractivity contribution is 6.02. The van der Waals surface area contributed by atoms with Gasteiger partial charge in [0.2, 0.25) is 5.91 Å². The SMILES string of the molecule is CC(C)N1C(=O)C2C(CCN2C(=O)CCC(=O)O)N(Cc2cccc(F)c2)C1=O. The van der Waals surface area contributed by atoms with Crippen molar-refractivity contribution in [2.24, 2.45) is 0 Å². The number of carboxylic acid groups (broad SMARTS) is 1. The van der Waals surface area contributed by atoms with E-state index in [1.807, 2.05) is 0 Å². The van der Waals surface area contributed by atoms with Crippen LogP contribution in [-0.2, 0) is 20.9 Å². The standard InChI is InChI=1S/C20H24FN3O5/c1-12(2)24-19(28)18-15(8-9-22(18)16(25)6-7-17(26)27)23(20(24)29)11-13-4-3-5-14(21)10-13/h3-5,10,12,15,18H,6-9,11H2,1-2H3,(H,26,27). The van der Waals surface area contributed by atoms with E-state index in [2.05, 4.69) is 0 Å². The van der Waals surface area contributed by atoms with E-state index < -0.39 is 47.8 Å². The van der Waals surface area contributed by atoms with Crippen molar-refractivity contribution < 1.29 is 28.7 Å². The number of carboxylic acids is 1. The average molecular weight is 405 g/mol. The summed E-state index contributed by atoms with van der Waals surface area (Å²) in [5.41, 5.74) is 0.589. The largest absolute Gasteiger partial charge is 0.481 e. The first-order chi connectivity index (χ1) is 13.7. The number of amides is 4. The third-order valence-electron chi connectivity index (χ3n) is 5.34. The van der Waals surface area contributed by atoms with Crippen LogP contribution >= 0.6 is 0 Å². The summed E-state index contributed by atoms with van der Waals surface area (Å²) in [6.45, 7) is 3.80. The van der Waals surface area contributed by atoms with Gasteiger partial charge in [-0.15, -0.1) is 0 Å². The van der Waals surface area contributed by atoms with E-state index >= 15 is 0 Å². The molecule has 4 amide bonds. The van der Waals surface area contributed by atoms with Crippen molar-refractivity contribution in [1.29, 1.82) is 0 Å². The highest BCUT2D eigenvalue weighted by Gasteiger charge is 2.53. The zero-order valence-corrected chi connectivity index (χ0v) is 16.4. The summed E-state index contributed by atoms with van der Waals surface area (Å²) in [4.78, 5) is 53.5. The van der Waals surface area contributed by atoms with Crippen LogP contribution in [0.4, 0.5) is 9.18 Å². The predicted octanol–water partition coefficient (Wildman–Crippen LogP) is 1.83. The fourth-order valence-corrected chi connectivity index (χ4v) is 4.05. The topological polar surface area (TPSA) is 98.2 Å². The third-order valence-corrected chi connectivity index (χ3v) is 5.34. The molecule has 0 bridgehead atoms. The van der Waals surface area contributed by atoms with E-state index in [4.69, 9.17) is 5.11 Å². The Bertz CT molecular complexity index is 843. The molecule has 1 aromatic carbocycles. The molecule has 9 heteroatoms. The molecule has 2 heterocycles. The minimum Gasteiger partial charge on any atom is -0.481 e. The molecule has 0 spiro atoms. The second kappa shape index (κ2) is 8.18. The van der Waals surface area contributed by atoms with Gasteiger partial charge in [0.05, 0.1) is 12.5 Å². The number of aliphatic carboxylic acids is 1. The molecule has 29 heavy (non-hydrogen) atoms. The molecule has 0 aliphatic carbocycles. The summed E-state index contributed by atoms with van der Waals surface area (Å²) < 4.78 is 13.6. The van der Waals surface area contributed by atoms with Crippen LogP contribution in [0.5, 0.6) is 0 Å². The summed E-state index contributed by atoms with van der Waals surface area (Å²) in [5.74, 6) is -2.38. The van der Waals surface area contributed by atoms with Gasteiger partial charge in [-0.3, -0.25) is 19.3 Å². The number of urea groups is 1. The highest BCUT2D eigenvalue weighted by Crippen LogP contribution is 2.33. The second-order valence-electron chi connectivity index (χ2n) is 7.62. The van der Waals surface area contributed by atoms with Crippen LogP contribution in [0.25, 0.3) is 0 Å². The number of rotatable bonds is 6. The second-order valence-corrected chi connectivity index (χ2v) is 7.62. The Morgan fingerprint density at radius 2 is 1.97 bits per heavy atom. The van der Waals surface area contributed by atoms with Crippen LogP contribution in [0.1, 0.15) is 38.7 Å². The van der Waals surface area contributed by atoms with Crippen molar-refractivity contribution in [2.45, 2.75) is 57.8 Å². The molecule has 2 atom stereocenters. The van der Waals surface area contributed by atoms with Crippen LogP contribution in [0.15, 0.2) is 24.3 Å². The van der Waals surface area contributed by atoms with Crippen molar-refractivity contribution in [3.05, 3.63) is 35.6 Å². The number of fused-ring (bicyclic) bond motifs is 1. The maximum atomic E-state index is 13.6. The fraction of sp³-hybridized carbons (Fsp3) is 0.500. The van der Waals surface area contributed by atoms with E-state index in [0.29, 0.717) is 12.0 Å². The van der Waals surface area contributed by atoms with Crippen molar-refractivity contribution in [2.75, 3.05) is 6.54 Å². The number of carbonyl (C=O) groups is 4. The van der Waals surface area contributed by atoms with Crippen molar-refractivity contribution >= 4 is 23.8 Å². The van der Waals surface area contributed by atoms with Crippen LogP contribution < -0.4 is 0 Å². The van der Waals surface area contributed by atoms with Gasteiger partial charge in [-0.25, -0.2) is 9.18 Å². The van der Waals surface area contributed by atoms with E-state index in [-0.39, 0.29) is 25.9 Å². The Hall–Kier alpha value is -2.97. The number of carbonyl (C=O) groups excluding carboxylic acids is 3. The molecule has 1 aromatic rings. The Balaban J connectivity index is 1.90. The summed E-state index contributed by atoms with van der Waals surface area (Å²) in [5, 5.41) is 8.84. The fourth-order valence-electron chi connectivity index (χ4n) is 4.05. The Labute approximate surface area is 167 Å². The van der Waals surface area contributed by atoms with Crippen molar-refractivity contribution in [3.8, 4) is 0 Å².